The molecule has 0 aromatic heterocycles. The van der Waals surface area contributed by atoms with E-state index in [1.165, 1.54) is 54.9 Å². The minimum atomic E-state index is -0.468. The summed E-state index contributed by atoms with van der Waals surface area (Å²) in [5, 5.41) is 4.83. The van der Waals surface area contributed by atoms with Crippen LogP contribution in [-0.4, -0.2) is 0 Å². The summed E-state index contributed by atoms with van der Waals surface area (Å²) in [6.45, 7) is 8.16. The number of rotatable bonds is 12. The van der Waals surface area contributed by atoms with Gasteiger partial charge >= 0.3 is 0 Å². The molecule has 65 heavy (non-hydrogen) atoms. The smallest absolute Gasteiger partial charge is 0.0540 e. The first-order valence-electron chi connectivity index (χ1n) is 22.5. The van der Waals surface area contributed by atoms with Crippen molar-refractivity contribution >= 4 is 67.8 Å². The number of hydrogen-bond donors (Lipinski definition) is 0. The maximum Gasteiger partial charge on any atom is 0.0540 e. The topological polar surface area (TPSA) is 6.48 Å². The van der Waals surface area contributed by atoms with Crippen LogP contribution in [0.4, 0.5) is 34.1 Å². The van der Waals surface area contributed by atoms with Gasteiger partial charge in [0.2, 0.25) is 0 Å². The summed E-state index contributed by atoms with van der Waals surface area (Å²) in [5.41, 5.74) is 16.2. The Kier molecular flexibility index (Phi) is 10.3. The highest BCUT2D eigenvalue weighted by Crippen LogP contribution is 2.56. The van der Waals surface area contributed by atoms with Crippen LogP contribution in [0.1, 0.15) is 33.4 Å². The number of para-hydroxylation sites is 2. The molecule has 0 radical (unpaired) electrons. The maximum atomic E-state index is 4.08. The monoisotopic (exact) mass is 832 g/mol. The van der Waals surface area contributed by atoms with E-state index in [0.29, 0.717) is 0 Å². The highest BCUT2D eigenvalue weighted by Gasteiger charge is 2.44. The molecule has 0 spiro atoms. The molecule has 2 nitrogen and oxygen atoms in total. The first kappa shape index (κ1) is 39.6. The molecule has 0 saturated carbocycles. The van der Waals surface area contributed by atoms with Gasteiger partial charge in [-0.2, -0.15) is 0 Å². The highest BCUT2D eigenvalue weighted by molar-refractivity contribution is 6.01. The van der Waals surface area contributed by atoms with E-state index in [-0.39, 0.29) is 0 Å². The second kappa shape index (κ2) is 16.8. The maximum absolute atomic E-state index is 4.08. The van der Waals surface area contributed by atoms with Crippen molar-refractivity contribution in [2.24, 2.45) is 0 Å². The van der Waals surface area contributed by atoms with Gasteiger partial charge < -0.3 is 9.80 Å². The molecule has 1 aliphatic rings. The molecule has 0 saturated heterocycles. The lowest BCUT2D eigenvalue weighted by atomic mass is 9.69. The second-order valence-corrected chi connectivity index (χ2v) is 17.1. The standard InChI is InChI=1S/C63H48N2/c1-3-45-29-33-47(34-30-45)43-63(44-48-35-31-46(4-2)32-36-48)59-41-53(64(51-21-7-5-8-22-51)61-27-15-19-49-17-11-13-25-55(49)61)37-39-57(59)58-40-38-54(42-60(58)63)65(52-23-9-6-10-24-52)62-28-16-20-50-18-12-14-26-56(50)62/h3-42H,1-2,43-44H2. The molecule has 0 N–H and O–H groups in total. The van der Waals surface area contributed by atoms with E-state index >= 15 is 0 Å². The van der Waals surface area contributed by atoms with E-state index in [4.69, 9.17) is 0 Å². The number of hydrogen-bond acceptors (Lipinski definition) is 2. The molecule has 10 aromatic rings. The average Bonchev–Trinajstić information content (AvgIpc) is 3.62. The fourth-order valence-electron chi connectivity index (χ4n) is 10.2. The van der Waals surface area contributed by atoms with Gasteiger partial charge in [-0.25, -0.2) is 0 Å². The molecule has 0 aliphatic heterocycles. The lowest BCUT2D eigenvalue weighted by Crippen LogP contribution is -2.31. The van der Waals surface area contributed by atoms with Crippen LogP contribution >= 0.6 is 0 Å². The van der Waals surface area contributed by atoms with Gasteiger partial charge in [0.05, 0.1) is 11.4 Å². The van der Waals surface area contributed by atoms with Crippen LogP contribution in [0.25, 0.3) is 44.8 Å². The molecule has 0 bridgehead atoms. The Bertz CT molecular complexity index is 3110. The van der Waals surface area contributed by atoms with Crippen LogP contribution in [0.2, 0.25) is 0 Å². The number of nitrogens with zero attached hydrogens (tertiary/aromatic N) is 2. The molecule has 0 amide bonds. The number of benzene rings is 10. The third-order valence-corrected chi connectivity index (χ3v) is 13.3. The normalized spacial score (nSPS) is 12.4. The quantitative estimate of drug-likeness (QED) is 0.121. The Labute approximate surface area is 382 Å². The second-order valence-electron chi connectivity index (χ2n) is 17.1. The van der Waals surface area contributed by atoms with Gasteiger partial charge in [0.15, 0.2) is 0 Å². The van der Waals surface area contributed by atoms with E-state index < -0.39 is 5.41 Å². The zero-order chi connectivity index (χ0) is 43.7. The predicted molar refractivity (Wildman–Crippen MR) is 278 cm³/mol. The minimum Gasteiger partial charge on any atom is -0.310 e. The van der Waals surface area contributed by atoms with Crippen molar-refractivity contribution in [2.45, 2.75) is 18.3 Å². The van der Waals surface area contributed by atoms with Crippen LogP contribution in [0.15, 0.2) is 244 Å². The lowest BCUT2D eigenvalue weighted by molar-refractivity contribution is 0.520. The molecule has 1 aliphatic carbocycles. The third-order valence-electron chi connectivity index (χ3n) is 13.3. The lowest BCUT2D eigenvalue weighted by Gasteiger charge is -2.35. The van der Waals surface area contributed by atoms with E-state index in [0.717, 1.165) is 58.1 Å². The fraction of sp³-hybridized carbons (Fsp3) is 0.0476. The fourth-order valence-corrected chi connectivity index (χ4v) is 10.2. The summed E-state index contributed by atoms with van der Waals surface area (Å²) in [6, 6.07) is 84.7. The zero-order valence-electron chi connectivity index (χ0n) is 36.3. The molecule has 11 rings (SSSR count). The first-order valence-corrected chi connectivity index (χ1v) is 22.5. The largest absolute Gasteiger partial charge is 0.310 e. The van der Waals surface area contributed by atoms with Crippen molar-refractivity contribution in [1.29, 1.82) is 0 Å². The van der Waals surface area contributed by atoms with Crippen molar-refractivity contribution in [3.05, 3.63) is 277 Å². The number of fused-ring (bicyclic) bond motifs is 5. The van der Waals surface area contributed by atoms with Gasteiger partial charge in [-0.1, -0.05) is 195 Å². The zero-order valence-corrected chi connectivity index (χ0v) is 36.3. The summed E-state index contributed by atoms with van der Waals surface area (Å²) in [5.74, 6) is 0. The van der Waals surface area contributed by atoms with Gasteiger partial charge in [-0.3, -0.25) is 0 Å². The Balaban J connectivity index is 1.18. The summed E-state index contributed by atoms with van der Waals surface area (Å²) >= 11 is 0. The number of anilines is 6. The molecule has 310 valence electrons. The van der Waals surface area contributed by atoms with Gasteiger partial charge in [-0.15, -0.1) is 0 Å². The molecular formula is C63H48N2. The van der Waals surface area contributed by atoms with Crippen LogP contribution in [0.3, 0.4) is 0 Å². The molecule has 10 aromatic carbocycles. The summed E-state index contributed by atoms with van der Waals surface area (Å²) in [6.07, 6.45) is 5.44. The van der Waals surface area contributed by atoms with E-state index in [1.807, 2.05) is 12.2 Å². The predicted octanol–water partition coefficient (Wildman–Crippen LogP) is 17.0. The molecule has 0 unspecified atom stereocenters. The Morgan fingerprint density at radius 3 is 1.15 bits per heavy atom. The van der Waals surface area contributed by atoms with Crippen LogP contribution in [0, 0.1) is 0 Å². The van der Waals surface area contributed by atoms with Gasteiger partial charge in [0, 0.05) is 38.9 Å². The van der Waals surface area contributed by atoms with Gasteiger partial charge in [0.1, 0.15) is 0 Å². The van der Waals surface area contributed by atoms with Crippen LogP contribution in [0.5, 0.6) is 0 Å². The average molecular weight is 833 g/mol. The van der Waals surface area contributed by atoms with Gasteiger partial charge in [0.25, 0.3) is 0 Å². The Morgan fingerprint density at radius 2 is 0.738 bits per heavy atom. The van der Waals surface area contributed by atoms with E-state index in [2.05, 4.69) is 253 Å². The van der Waals surface area contributed by atoms with E-state index in [1.54, 1.807) is 0 Å². The Morgan fingerprint density at radius 1 is 0.354 bits per heavy atom. The highest BCUT2D eigenvalue weighted by atomic mass is 15.1. The Hall–Kier alpha value is -8.20. The summed E-state index contributed by atoms with van der Waals surface area (Å²) < 4.78 is 0. The van der Waals surface area contributed by atoms with Crippen molar-refractivity contribution in [1.82, 2.24) is 0 Å². The van der Waals surface area contributed by atoms with Crippen molar-refractivity contribution < 1.29 is 0 Å². The molecule has 0 atom stereocenters. The van der Waals surface area contributed by atoms with Crippen molar-refractivity contribution in [2.75, 3.05) is 9.80 Å². The molecule has 0 heterocycles. The molecule has 2 heteroatoms. The third kappa shape index (κ3) is 7.20. The summed E-state index contributed by atoms with van der Waals surface area (Å²) in [7, 11) is 0. The first-order chi connectivity index (χ1) is 32.1. The van der Waals surface area contributed by atoms with Crippen molar-refractivity contribution in [3.63, 3.8) is 0 Å². The molecule has 0 fully saturated rings. The SMILES string of the molecule is C=Cc1ccc(CC2(Cc3ccc(C=C)cc3)c3cc(N(c4ccccc4)c4cccc5ccccc45)ccc3-c3ccc(N(c4ccccc4)c4cccc5ccccc45)cc32)cc1. The summed E-state index contributed by atoms with van der Waals surface area (Å²) in [4.78, 5) is 4.88. The van der Waals surface area contributed by atoms with E-state index in [9.17, 15) is 0 Å². The molecular weight excluding hydrogens is 785 g/mol. The van der Waals surface area contributed by atoms with Crippen LogP contribution in [-0.2, 0) is 18.3 Å². The minimum absolute atomic E-state index is 0.468. The van der Waals surface area contributed by atoms with Crippen LogP contribution < -0.4 is 9.80 Å². The van der Waals surface area contributed by atoms with Gasteiger partial charge in [-0.05, 0) is 129 Å². The van der Waals surface area contributed by atoms with Crippen molar-refractivity contribution in [3.8, 4) is 11.1 Å².